The van der Waals surface area contributed by atoms with E-state index in [1.165, 1.54) is 4.90 Å². The zero-order valence-electron chi connectivity index (χ0n) is 15.7. The number of carbonyl (C=O) groups excluding carboxylic acids is 3. The van der Waals surface area contributed by atoms with Crippen molar-refractivity contribution in [1.82, 2.24) is 15.1 Å². The van der Waals surface area contributed by atoms with Crippen LogP contribution in [-0.2, 0) is 9.59 Å². The van der Waals surface area contributed by atoms with Crippen LogP contribution in [0.2, 0.25) is 0 Å². The predicted molar refractivity (Wildman–Crippen MR) is 101 cm³/mol. The van der Waals surface area contributed by atoms with Crippen LogP contribution in [0.5, 0.6) is 0 Å². The summed E-state index contributed by atoms with van der Waals surface area (Å²) in [5, 5.41) is 2.77. The number of rotatable bonds is 8. The van der Waals surface area contributed by atoms with Crippen molar-refractivity contribution in [3.63, 3.8) is 0 Å². The Bertz CT molecular complexity index is 610. The highest BCUT2D eigenvalue weighted by molar-refractivity contribution is 5.97. The summed E-state index contributed by atoms with van der Waals surface area (Å²) >= 11 is 0. The van der Waals surface area contributed by atoms with Gasteiger partial charge in [0.2, 0.25) is 11.8 Å². The minimum atomic E-state index is -0.130. The molecule has 0 aromatic heterocycles. The summed E-state index contributed by atoms with van der Waals surface area (Å²) in [4.78, 5) is 40.0. The van der Waals surface area contributed by atoms with Crippen LogP contribution in [0.4, 0.5) is 0 Å². The largest absolute Gasteiger partial charge is 0.355 e. The van der Waals surface area contributed by atoms with Gasteiger partial charge in [0.15, 0.2) is 5.78 Å². The topological polar surface area (TPSA) is 69.7 Å². The fourth-order valence-electron chi connectivity index (χ4n) is 3.13. The number of nitrogens with zero attached hydrogens (tertiary/aromatic N) is 2. The van der Waals surface area contributed by atoms with Gasteiger partial charge in [0, 0.05) is 25.1 Å². The Labute approximate surface area is 155 Å². The molecule has 1 aliphatic heterocycles. The quantitative estimate of drug-likeness (QED) is 0.715. The van der Waals surface area contributed by atoms with Crippen LogP contribution in [-0.4, -0.2) is 67.2 Å². The van der Waals surface area contributed by atoms with Crippen molar-refractivity contribution < 1.29 is 14.4 Å². The Morgan fingerprint density at radius 2 is 1.81 bits per heavy atom. The number of benzene rings is 1. The van der Waals surface area contributed by atoms with E-state index in [0.29, 0.717) is 13.1 Å². The molecule has 26 heavy (non-hydrogen) atoms. The number of likely N-dealkylation sites (tertiary alicyclic amines) is 1. The molecule has 0 aliphatic carbocycles. The van der Waals surface area contributed by atoms with Crippen molar-refractivity contribution in [3.05, 3.63) is 35.9 Å². The second-order valence-corrected chi connectivity index (χ2v) is 6.88. The van der Waals surface area contributed by atoms with Gasteiger partial charge in [-0.05, 0) is 32.4 Å². The Morgan fingerprint density at radius 3 is 2.42 bits per heavy atom. The lowest BCUT2D eigenvalue weighted by Gasteiger charge is -2.31. The van der Waals surface area contributed by atoms with Gasteiger partial charge >= 0.3 is 0 Å². The molecule has 1 fully saturated rings. The van der Waals surface area contributed by atoms with Crippen molar-refractivity contribution in [2.75, 3.05) is 39.8 Å². The first-order valence-electron chi connectivity index (χ1n) is 9.33. The fraction of sp³-hybridized carbons (Fsp3) is 0.550. The van der Waals surface area contributed by atoms with E-state index in [2.05, 4.69) is 10.2 Å². The smallest absolute Gasteiger partial charge is 0.239 e. The first-order chi connectivity index (χ1) is 12.5. The molecule has 1 aromatic carbocycles. The van der Waals surface area contributed by atoms with Crippen molar-refractivity contribution in [2.45, 2.75) is 26.2 Å². The zero-order valence-corrected chi connectivity index (χ0v) is 15.7. The second kappa shape index (κ2) is 10.1. The number of amides is 2. The highest BCUT2D eigenvalue weighted by Crippen LogP contribution is 2.21. The molecular formula is C20H29N3O3. The Kier molecular flexibility index (Phi) is 7.78. The van der Waals surface area contributed by atoms with Gasteiger partial charge in [-0.2, -0.15) is 0 Å². The number of nitrogens with one attached hydrogen (secondary N) is 1. The van der Waals surface area contributed by atoms with E-state index in [1.807, 2.05) is 37.3 Å². The van der Waals surface area contributed by atoms with E-state index < -0.39 is 0 Å². The Morgan fingerprint density at radius 1 is 1.15 bits per heavy atom. The minimum absolute atomic E-state index is 0.0290. The van der Waals surface area contributed by atoms with Crippen molar-refractivity contribution in [2.24, 2.45) is 5.92 Å². The summed E-state index contributed by atoms with van der Waals surface area (Å²) in [7, 11) is 1.65. The van der Waals surface area contributed by atoms with Gasteiger partial charge in [-0.1, -0.05) is 37.3 Å². The second-order valence-electron chi connectivity index (χ2n) is 6.88. The van der Waals surface area contributed by atoms with E-state index in [0.717, 1.165) is 37.9 Å². The van der Waals surface area contributed by atoms with Crippen LogP contribution < -0.4 is 5.32 Å². The van der Waals surface area contributed by atoms with Crippen LogP contribution in [0.15, 0.2) is 30.3 Å². The number of likely N-dealkylation sites (N-methyl/N-ethyl adjacent to an activating group) is 1. The van der Waals surface area contributed by atoms with Gasteiger partial charge in [0.05, 0.1) is 13.1 Å². The minimum Gasteiger partial charge on any atom is -0.355 e. The third-order valence-electron chi connectivity index (χ3n) is 4.75. The van der Waals surface area contributed by atoms with Gasteiger partial charge in [-0.25, -0.2) is 0 Å². The summed E-state index contributed by atoms with van der Waals surface area (Å²) in [6.45, 7) is 4.45. The third-order valence-corrected chi connectivity index (χ3v) is 4.75. The zero-order chi connectivity index (χ0) is 18.9. The van der Waals surface area contributed by atoms with Crippen LogP contribution in [0.3, 0.4) is 0 Å². The molecule has 1 heterocycles. The summed E-state index contributed by atoms with van der Waals surface area (Å²) < 4.78 is 0. The average molecular weight is 359 g/mol. The van der Waals surface area contributed by atoms with E-state index in [4.69, 9.17) is 0 Å². The predicted octanol–water partition coefficient (Wildman–Crippen LogP) is 1.57. The van der Waals surface area contributed by atoms with Crippen LogP contribution in [0, 0.1) is 5.92 Å². The van der Waals surface area contributed by atoms with Gasteiger partial charge in [0.1, 0.15) is 0 Å². The maximum absolute atomic E-state index is 12.5. The summed E-state index contributed by atoms with van der Waals surface area (Å²) in [5.74, 6) is 0.0296. The van der Waals surface area contributed by atoms with Gasteiger partial charge in [-0.3, -0.25) is 19.3 Å². The lowest BCUT2D eigenvalue weighted by Crippen LogP contribution is -2.45. The van der Waals surface area contributed by atoms with Crippen LogP contribution in [0.25, 0.3) is 0 Å². The van der Waals surface area contributed by atoms with Crippen molar-refractivity contribution in [1.29, 1.82) is 0 Å². The van der Waals surface area contributed by atoms with Gasteiger partial charge < -0.3 is 10.2 Å². The molecule has 142 valence electrons. The maximum Gasteiger partial charge on any atom is 0.239 e. The molecule has 1 N–H and O–H groups in total. The molecule has 0 bridgehead atoms. The molecule has 0 unspecified atom stereocenters. The molecule has 0 spiro atoms. The third kappa shape index (κ3) is 5.95. The summed E-state index contributed by atoms with van der Waals surface area (Å²) in [5.41, 5.74) is 0.764. The molecule has 2 rings (SSSR count). The molecule has 6 nitrogen and oxygen atoms in total. The normalized spacial score (nSPS) is 15.5. The molecular weight excluding hydrogens is 330 g/mol. The number of hydrogen-bond acceptors (Lipinski definition) is 4. The summed E-state index contributed by atoms with van der Waals surface area (Å²) in [6.07, 6.45) is 2.41. The van der Waals surface area contributed by atoms with Crippen LogP contribution in [0.1, 0.15) is 36.5 Å². The molecule has 2 amide bonds. The molecule has 1 saturated heterocycles. The van der Waals surface area contributed by atoms with Crippen molar-refractivity contribution >= 4 is 17.6 Å². The number of carbonyl (C=O) groups is 3. The van der Waals surface area contributed by atoms with E-state index >= 15 is 0 Å². The Balaban J connectivity index is 1.75. The van der Waals surface area contributed by atoms with Crippen LogP contribution >= 0.6 is 0 Å². The van der Waals surface area contributed by atoms with Gasteiger partial charge in [0.25, 0.3) is 0 Å². The molecule has 1 aliphatic rings. The number of ketones is 1. The summed E-state index contributed by atoms with van der Waals surface area (Å²) in [6, 6.07) is 9.39. The Hall–Kier alpha value is -2.21. The molecule has 6 heteroatoms. The van der Waals surface area contributed by atoms with Crippen molar-refractivity contribution in [3.8, 4) is 0 Å². The van der Waals surface area contributed by atoms with Gasteiger partial charge in [-0.15, -0.1) is 0 Å². The first kappa shape index (κ1) is 20.1. The maximum atomic E-state index is 12.5. The van der Waals surface area contributed by atoms with E-state index in [9.17, 15) is 14.4 Å². The molecule has 1 aromatic rings. The molecule has 0 saturated carbocycles. The average Bonchev–Trinajstić information content (AvgIpc) is 2.67. The fourth-order valence-corrected chi connectivity index (χ4v) is 3.13. The van der Waals surface area contributed by atoms with E-state index in [-0.39, 0.29) is 30.1 Å². The highest BCUT2D eigenvalue weighted by Gasteiger charge is 2.27. The first-order valence-corrected chi connectivity index (χ1v) is 9.33. The lowest BCUT2D eigenvalue weighted by atomic mass is 9.89. The SMILES string of the molecule is CCCNC(=O)CN(C)C(=O)CN1CCC(C(=O)c2ccccc2)CC1. The standard InChI is InChI=1S/C20H29N3O3/c1-3-11-21-18(24)14-22(2)19(25)15-23-12-9-17(10-13-23)20(26)16-7-5-4-6-8-16/h4-8,17H,3,9-15H2,1-2H3,(H,21,24). The lowest BCUT2D eigenvalue weighted by molar-refractivity contribution is -0.135. The highest BCUT2D eigenvalue weighted by atomic mass is 16.2. The number of Topliss-reactive ketones (excluding diaryl/α,β-unsaturated/α-hetero) is 1. The number of piperidine rings is 1. The monoisotopic (exact) mass is 359 g/mol. The van der Waals surface area contributed by atoms with E-state index in [1.54, 1.807) is 7.05 Å². The number of hydrogen-bond donors (Lipinski definition) is 1. The molecule has 0 atom stereocenters. The molecule has 0 radical (unpaired) electrons.